The van der Waals surface area contributed by atoms with Gasteiger partial charge in [0.05, 0.1) is 22.2 Å². The lowest BCUT2D eigenvalue weighted by Gasteiger charge is -2.20. The maximum atomic E-state index is 9.63. The minimum atomic E-state index is -0.682. The minimum absolute atomic E-state index is 0.309. The molecule has 0 saturated heterocycles. The predicted molar refractivity (Wildman–Crippen MR) is 64.7 cm³/mol. The summed E-state index contributed by atoms with van der Waals surface area (Å²) in [6.45, 7) is 1.83. The Morgan fingerprint density at radius 1 is 1.27 bits per heavy atom. The van der Waals surface area contributed by atoms with Crippen LogP contribution in [0.5, 0.6) is 0 Å². The van der Waals surface area contributed by atoms with E-state index in [4.69, 9.17) is 40.5 Å². The van der Waals surface area contributed by atoms with Crippen LogP contribution in [0.25, 0.3) is 0 Å². The van der Waals surface area contributed by atoms with Crippen LogP contribution in [0.2, 0.25) is 15.1 Å². The maximum absolute atomic E-state index is 9.63. The Morgan fingerprint density at radius 3 is 2.33 bits per heavy atom. The standard InChI is InChI=1S/C10H12Cl3NO/c1-2-7(15)10(14)8-5(11)3-4-6(12)9(8)13/h3-4,7,10,15H,2,14H2,1H3/t7-,10-/m1/s1. The van der Waals surface area contributed by atoms with E-state index in [1.54, 1.807) is 12.1 Å². The van der Waals surface area contributed by atoms with E-state index in [1.165, 1.54) is 0 Å². The molecule has 0 unspecified atom stereocenters. The summed E-state index contributed by atoms with van der Waals surface area (Å²) in [5.74, 6) is 0. The summed E-state index contributed by atoms with van der Waals surface area (Å²) in [5, 5.41) is 10.7. The summed E-state index contributed by atoms with van der Waals surface area (Å²) < 4.78 is 0. The van der Waals surface area contributed by atoms with Crippen LogP contribution in [0.15, 0.2) is 12.1 Å². The van der Waals surface area contributed by atoms with Gasteiger partial charge in [0.1, 0.15) is 0 Å². The zero-order valence-electron chi connectivity index (χ0n) is 8.17. The Kier molecular flexibility index (Phi) is 4.68. The quantitative estimate of drug-likeness (QED) is 0.825. The van der Waals surface area contributed by atoms with Crippen molar-refractivity contribution in [1.82, 2.24) is 0 Å². The third-order valence-electron chi connectivity index (χ3n) is 2.25. The number of rotatable bonds is 3. The first-order valence-corrected chi connectivity index (χ1v) is 5.69. The molecule has 5 heteroatoms. The molecule has 15 heavy (non-hydrogen) atoms. The van der Waals surface area contributed by atoms with Crippen LogP contribution < -0.4 is 5.73 Å². The van der Waals surface area contributed by atoms with Crippen molar-refractivity contribution in [1.29, 1.82) is 0 Å². The van der Waals surface area contributed by atoms with Gasteiger partial charge in [0.15, 0.2) is 0 Å². The molecule has 1 aromatic carbocycles. The molecule has 2 nitrogen and oxygen atoms in total. The molecule has 0 bridgehead atoms. The zero-order valence-corrected chi connectivity index (χ0v) is 10.4. The molecule has 3 N–H and O–H groups in total. The van der Waals surface area contributed by atoms with Crippen LogP contribution in [-0.2, 0) is 0 Å². The molecular formula is C10H12Cl3NO. The molecule has 0 aliphatic rings. The molecule has 2 atom stereocenters. The van der Waals surface area contributed by atoms with Crippen LogP contribution in [-0.4, -0.2) is 11.2 Å². The van der Waals surface area contributed by atoms with Gasteiger partial charge in [0.25, 0.3) is 0 Å². The van der Waals surface area contributed by atoms with Crippen molar-refractivity contribution in [3.8, 4) is 0 Å². The van der Waals surface area contributed by atoms with E-state index in [9.17, 15) is 5.11 Å². The fourth-order valence-electron chi connectivity index (χ4n) is 1.29. The second kappa shape index (κ2) is 5.37. The van der Waals surface area contributed by atoms with Crippen molar-refractivity contribution < 1.29 is 5.11 Å². The Morgan fingerprint density at radius 2 is 1.80 bits per heavy atom. The van der Waals surface area contributed by atoms with Gasteiger partial charge in [0.2, 0.25) is 0 Å². The molecule has 0 amide bonds. The monoisotopic (exact) mass is 267 g/mol. The number of aliphatic hydroxyl groups excluding tert-OH is 1. The van der Waals surface area contributed by atoms with Gasteiger partial charge in [-0.1, -0.05) is 41.7 Å². The maximum Gasteiger partial charge on any atom is 0.0731 e. The number of hydrogen-bond acceptors (Lipinski definition) is 2. The second-order valence-corrected chi connectivity index (χ2v) is 4.45. The first-order valence-electron chi connectivity index (χ1n) is 4.56. The van der Waals surface area contributed by atoms with Gasteiger partial charge in [0, 0.05) is 10.6 Å². The fourth-order valence-corrected chi connectivity index (χ4v) is 2.08. The van der Waals surface area contributed by atoms with E-state index < -0.39 is 12.1 Å². The summed E-state index contributed by atoms with van der Waals surface area (Å²) in [5.41, 5.74) is 6.34. The average molecular weight is 269 g/mol. The summed E-state index contributed by atoms with van der Waals surface area (Å²) in [6, 6.07) is 2.60. The first kappa shape index (κ1) is 13.1. The van der Waals surface area contributed by atoms with E-state index in [1.807, 2.05) is 6.92 Å². The topological polar surface area (TPSA) is 46.2 Å². The smallest absolute Gasteiger partial charge is 0.0731 e. The first-order chi connectivity index (χ1) is 6.99. The van der Waals surface area contributed by atoms with E-state index in [0.717, 1.165) is 0 Å². The predicted octanol–water partition coefficient (Wildman–Crippen LogP) is 3.42. The van der Waals surface area contributed by atoms with Gasteiger partial charge >= 0.3 is 0 Å². The highest BCUT2D eigenvalue weighted by atomic mass is 35.5. The van der Waals surface area contributed by atoms with Gasteiger partial charge in [-0.05, 0) is 18.6 Å². The molecule has 84 valence electrons. The number of benzene rings is 1. The molecule has 1 aromatic rings. The average Bonchev–Trinajstić information content (AvgIpc) is 2.22. The van der Waals surface area contributed by atoms with Crippen LogP contribution in [0, 0.1) is 0 Å². The Bertz CT molecular complexity index is 357. The molecule has 1 rings (SSSR count). The highest BCUT2D eigenvalue weighted by Crippen LogP contribution is 2.36. The van der Waals surface area contributed by atoms with Gasteiger partial charge in [-0.15, -0.1) is 0 Å². The SMILES string of the molecule is CC[C@@H](O)[C@@H](N)c1c(Cl)ccc(Cl)c1Cl. The fraction of sp³-hybridized carbons (Fsp3) is 0.400. The highest BCUT2D eigenvalue weighted by Gasteiger charge is 2.21. The van der Waals surface area contributed by atoms with Crippen molar-refractivity contribution in [2.75, 3.05) is 0 Å². The minimum Gasteiger partial charge on any atom is -0.391 e. The Hall–Kier alpha value is 0.01000. The van der Waals surface area contributed by atoms with Gasteiger partial charge < -0.3 is 10.8 Å². The van der Waals surface area contributed by atoms with E-state index >= 15 is 0 Å². The van der Waals surface area contributed by atoms with Crippen molar-refractivity contribution in [3.63, 3.8) is 0 Å². The molecule has 0 aromatic heterocycles. The number of halogens is 3. The molecule has 0 spiro atoms. The van der Waals surface area contributed by atoms with Crippen molar-refractivity contribution >= 4 is 34.8 Å². The number of aliphatic hydroxyl groups is 1. The summed E-state index contributed by atoms with van der Waals surface area (Å²) >= 11 is 17.8. The number of nitrogens with two attached hydrogens (primary N) is 1. The van der Waals surface area contributed by atoms with E-state index in [-0.39, 0.29) is 0 Å². The molecule has 0 heterocycles. The molecule has 0 fully saturated rings. The normalized spacial score (nSPS) is 15.1. The van der Waals surface area contributed by atoms with E-state index in [0.29, 0.717) is 27.1 Å². The summed E-state index contributed by atoms with van der Waals surface area (Å²) in [4.78, 5) is 0. The molecule has 0 saturated carbocycles. The lowest BCUT2D eigenvalue weighted by molar-refractivity contribution is 0.141. The molecule has 0 aliphatic heterocycles. The lowest BCUT2D eigenvalue weighted by atomic mass is 10.0. The number of hydrogen-bond donors (Lipinski definition) is 2. The van der Waals surface area contributed by atoms with E-state index in [2.05, 4.69) is 0 Å². The zero-order chi connectivity index (χ0) is 11.6. The van der Waals surface area contributed by atoms with Crippen molar-refractivity contribution in [2.45, 2.75) is 25.5 Å². The van der Waals surface area contributed by atoms with Crippen molar-refractivity contribution in [2.24, 2.45) is 5.73 Å². The van der Waals surface area contributed by atoms with Gasteiger partial charge in [-0.2, -0.15) is 0 Å². The summed E-state index contributed by atoms with van der Waals surface area (Å²) in [7, 11) is 0. The van der Waals surface area contributed by atoms with Crippen LogP contribution in [0.4, 0.5) is 0 Å². The van der Waals surface area contributed by atoms with Gasteiger partial charge in [-0.25, -0.2) is 0 Å². The molecule has 0 aliphatic carbocycles. The molecular weight excluding hydrogens is 256 g/mol. The third-order valence-corrected chi connectivity index (χ3v) is 3.39. The molecule has 0 radical (unpaired) electrons. The summed E-state index contributed by atoms with van der Waals surface area (Å²) in [6.07, 6.45) is -0.154. The Labute approximate surface area is 104 Å². The highest BCUT2D eigenvalue weighted by molar-refractivity contribution is 6.44. The van der Waals surface area contributed by atoms with Crippen LogP contribution in [0.3, 0.4) is 0 Å². The van der Waals surface area contributed by atoms with Crippen LogP contribution >= 0.6 is 34.8 Å². The third kappa shape index (κ3) is 2.77. The largest absolute Gasteiger partial charge is 0.391 e. The Balaban J connectivity index is 3.18. The van der Waals surface area contributed by atoms with Crippen LogP contribution in [0.1, 0.15) is 24.9 Å². The second-order valence-electron chi connectivity index (χ2n) is 3.26. The van der Waals surface area contributed by atoms with Crippen molar-refractivity contribution in [3.05, 3.63) is 32.8 Å². The lowest BCUT2D eigenvalue weighted by Crippen LogP contribution is -2.26. The van der Waals surface area contributed by atoms with Gasteiger partial charge in [-0.3, -0.25) is 0 Å².